The average molecular weight is 234 g/mol. The average Bonchev–Trinajstić information content (AvgIpc) is 2.29. The van der Waals surface area contributed by atoms with E-state index in [1.165, 1.54) is 0 Å². The van der Waals surface area contributed by atoms with Gasteiger partial charge in [-0.25, -0.2) is 0 Å². The molecule has 1 aromatic rings. The Hall–Kier alpha value is -1.38. The fourth-order valence-corrected chi connectivity index (χ4v) is 1.50. The molecule has 0 radical (unpaired) electrons. The van der Waals surface area contributed by atoms with Crippen LogP contribution >= 0.6 is 12.1 Å². The molecule has 0 amide bonds. The van der Waals surface area contributed by atoms with Gasteiger partial charge in [-0.2, -0.15) is 3.89 Å². The summed E-state index contributed by atoms with van der Waals surface area (Å²) < 4.78 is 12.5. The summed E-state index contributed by atoms with van der Waals surface area (Å²) in [6, 6.07) is 5.45. The topological polar surface area (TPSA) is 0 Å². The van der Waals surface area contributed by atoms with Gasteiger partial charge in [0, 0.05) is 10.5 Å². The molecular weight excluding hydrogens is 219 g/mol. The second kappa shape index (κ2) is 6.26. The van der Waals surface area contributed by atoms with E-state index in [2.05, 4.69) is 39.5 Å². The van der Waals surface area contributed by atoms with Gasteiger partial charge in [0.1, 0.15) is 0 Å². The smallest absolute Gasteiger partial charge is 0.0812 e. The van der Waals surface area contributed by atoms with E-state index >= 15 is 0 Å². The third kappa shape index (κ3) is 4.01. The first kappa shape index (κ1) is 14.6. The largest absolute Gasteiger partial charge is 0.160 e. The molecule has 0 saturated heterocycles. The van der Waals surface area contributed by atoms with E-state index in [1.807, 2.05) is 12.1 Å². The molecule has 16 heavy (non-hydrogen) atoms. The summed E-state index contributed by atoms with van der Waals surface area (Å²) in [5.41, 5.74) is 1.79. The molecule has 0 N–H and O–H groups in total. The van der Waals surface area contributed by atoms with Gasteiger partial charge in [0.25, 0.3) is 0 Å². The molecule has 0 bridgehead atoms. The Morgan fingerprint density at radius 1 is 1.19 bits per heavy atom. The first-order valence-electron chi connectivity index (χ1n) is 4.71. The molecule has 0 aromatic heterocycles. The summed E-state index contributed by atoms with van der Waals surface area (Å²) in [5, 5.41) is 0. The summed E-state index contributed by atoms with van der Waals surface area (Å²) in [5.74, 6) is 2.53. The van der Waals surface area contributed by atoms with Crippen molar-refractivity contribution in [1.29, 1.82) is 0 Å². The highest BCUT2D eigenvalue weighted by Crippen LogP contribution is 2.28. The zero-order valence-electron chi connectivity index (χ0n) is 9.75. The van der Waals surface area contributed by atoms with Crippen LogP contribution in [0.3, 0.4) is 0 Å². The Morgan fingerprint density at radius 2 is 1.75 bits per heavy atom. The lowest BCUT2D eigenvalue weighted by molar-refractivity contribution is 0.588. The van der Waals surface area contributed by atoms with Crippen LogP contribution in [0, 0.1) is 25.2 Å². The number of benzene rings is 1. The van der Waals surface area contributed by atoms with Crippen molar-refractivity contribution in [3.8, 4) is 25.2 Å². The Morgan fingerprint density at radius 3 is 2.12 bits per heavy atom. The standard InChI is InChI=1S/C12H13FS.C2H2/c1-5-9-6-10(12(2,3)4)8-11(7-9)14-13;1-2/h1,6-8H,2-4H3;1-2H. The van der Waals surface area contributed by atoms with Gasteiger partial charge in [-0.3, -0.25) is 0 Å². The molecule has 0 aliphatic rings. The van der Waals surface area contributed by atoms with Crippen molar-refractivity contribution in [1.82, 2.24) is 0 Å². The van der Waals surface area contributed by atoms with Crippen molar-refractivity contribution >= 4 is 12.1 Å². The number of rotatable bonds is 1. The monoisotopic (exact) mass is 234 g/mol. The van der Waals surface area contributed by atoms with Crippen LogP contribution in [0.5, 0.6) is 0 Å². The Kier molecular flexibility index (Phi) is 5.72. The normalized spacial score (nSPS) is 9.81. The Bertz CT molecular complexity index is 405. The van der Waals surface area contributed by atoms with Gasteiger partial charge >= 0.3 is 0 Å². The predicted octanol–water partition coefficient (Wildman–Crippen LogP) is 4.19. The Labute approximate surface area is 102 Å². The molecule has 0 atom stereocenters. The van der Waals surface area contributed by atoms with Crippen molar-refractivity contribution in [3.63, 3.8) is 0 Å². The van der Waals surface area contributed by atoms with E-state index < -0.39 is 0 Å². The highest BCUT2D eigenvalue weighted by Gasteiger charge is 2.15. The van der Waals surface area contributed by atoms with Crippen LogP contribution in [0.4, 0.5) is 3.89 Å². The van der Waals surface area contributed by atoms with E-state index in [-0.39, 0.29) is 17.6 Å². The summed E-state index contributed by atoms with van der Waals surface area (Å²) in [6.07, 6.45) is 13.3. The SMILES string of the molecule is C#C.C#Cc1cc(SF)cc(C(C)(C)C)c1. The van der Waals surface area contributed by atoms with Crippen molar-refractivity contribution in [2.75, 3.05) is 0 Å². The van der Waals surface area contributed by atoms with Gasteiger partial charge in [-0.1, -0.05) is 26.7 Å². The molecule has 0 fully saturated rings. The number of terminal acetylenes is 2. The van der Waals surface area contributed by atoms with Crippen LogP contribution in [-0.2, 0) is 5.41 Å². The van der Waals surface area contributed by atoms with Crippen LogP contribution < -0.4 is 0 Å². The van der Waals surface area contributed by atoms with Crippen LogP contribution in [0.2, 0.25) is 0 Å². The molecule has 0 unspecified atom stereocenters. The van der Waals surface area contributed by atoms with Crippen molar-refractivity contribution in [2.24, 2.45) is 0 Å². The van der Waals surface area contributed by atoms with Crippen LogP contribution in [0.25, 0.3) is 0 Å². The van der Waals surface area contributed by atoms with Gasteiger partial charge in [0.05, 0.1) is 12.1 Å². The zero-order chi connectivity index (χ0) is 12.8. The lowest BCUT2D eigenvalue weighted by Crippen LogP contribution is -2.11. The minimum absolute atomic E-state index is 0.00264. The number of halogens is 1. The number of hydrogen-bond acceptors (Lipinski definition) is 1. The van der Waals surface area contributed by atoms with Gasteiger partial charge in [0.15, 0.2) is 0 Å². The molecule has 1 aromatic carbocycles. The second-order valence-electron chi connectivity index (χ2n) is 4.22. The third-order valence-corrected chi connectivity index (χ3v) is 2.44. The van der Waals surface area contributed by atoms with Gasteiger partial charge in [0.2, 0.25) is 0 Å². The zero-order valence-corrected chi connectivity index (χ0v) is 10.6. The van der Waals surface area contributed by atoms with Gasteiger partial charge in [-0.05, 0) is 29.2 Å². The van der Waals surface area contributed by atoms with Gasteiger partial charge < -0.3 is 0 Å². The fraction of sp³-hybridized carbons (Fsp3) is 0.286. The molecule has 0 aliphatic heterocycles. The lowest BCUT2D eigenvalue weighted by Gasteiger charge is -2.19. The van der Waals surface area contributed by atoms with E-state index in [0.717, 1.165) is 11.1 Å². The van der Waals surface area contributed by atoms with Crippen molar-refractivity contribution in [3.05, 3.63) is 29.3 Å². The van der Waals surface area contributed by atoms with E-state index in [4.69, 9.17) is 6.42 Å². The molecule has 1 rings (SSSR count). The minimum Gasteiger partial charge on any atom is -0.160 e. The molecule has 0 heterocycles. The molecule has 0 aliphatic carbocycles. The second-order valence-corrected chi connectivity index (χ2v) is 4.84. The van der Waals surface area contributed by atoms with E-state index in [0.29, 0.717) is 4.90 Å². The van der Waals surface area contributed by atoms with Crippen LogP contribution in [0.15, 0.2) is 23.1 Å². The molecule has 2 heteroatoms. The summed E-state index contributed by atoms with van der Waals surface area (Å²) >= 11 is 0.233. The van der Waals surface area contributed by atoms with Crippen LogP contribution in [0.1, 0.15) is 31.9 Å². The molecule has 84 valence electrons. The highest BCUT2D eigenvalue weighted by atomic mass is 32.2. The minimum atomic E-state index is -0.00264. The summed E-state index contributed by atoms with van der Waals surface area (Å²) in [4.78, 5) is 0.574. The first-order chi connectivity index (χ1) is 7.47. The molecular formula is C14H15FS. The maximum Gasteiger partial charge on any atom is 0.0812 e. The van der Waals surface area contributed by atoms with Crippen LogP contribution in [-0.4, -0.2) is 0 Å². The molecule has 0 nitrogen and oxygen atoms in total. The highest BCUT2D eigenvalue weighted by molar-refractivity contribution is 7.94. The predicted molar refractivity (Wildman–Crippen MR) is 69.9 cm³/mol. The Balaban J connectivity index is 0.00000106. The summed E-state index contributed by atoms with van der Waals surface area (Å²) in [7, 11) is 0. The third-order valence-electron chi connectivity index (χ3n) is 2.03. The number of hydrogen-bond donors (Lipinski definition) is 0. The lowest BCUT2D eigenvalue weighted by atomic mass is 9.86. The first-order valence-corrected chi connectivity index (χ1v) is 5.43. The van der Waals surface area contributed by atoms with E-state index in [1.54, 1.807) is 6.07 Å². The quantitative estimate of drug-likeness (QED) is 0.656. The van der Waals surface area contributed by atoms with Gasteiger partial charge in [-0.15, -0.1) is 19.3 Å². The summed E-state index contributed by atoms with van der Waals surface area (Å²) in [6.45, 7) is 6.24. The van der Waals surface area contributed by atoms with Crippen molar-refractivity contribution < 1.29 is 3.89 Å². The molecule has 0 saturated carbocycles. The fourth-order valence-electron chi connectivity index (χ4n) is 1.16. The maximum atomic E-state index is 12.5. The van der Waals surface area contributed by atoms with Crippen molar-refractivity contribution in [2.45, 2.75) is 31.1 Å². The maximum absolute atomic E-state index is 12.5. The molecule has 0 spiro atoms. The van der Waals surface area contributed by atoms with E-state index in [9.17, 15) is 3.89 Å².